The van der Waals surface area contributed by atoms with Crippen molar-refractivity contribution in [2.24, 2.45) is 11.8 Å². The fourth-order valence-corrected chi connectivity index (χ4v) is 3.07. The van der Waals surface area contributed by atoms with Gasteiger partial charge >= 0.3 is 0 Å². The predicted octanol–water partition coefficient (Wildman–Crippen LogP) is 3.62. The molecule has 3 nitrogen and oxygen atoms in total. The Morgan fingerprint density at radius 2 is 1.90 bits per heavy atom. The first-order chi connectivity index (χ1) is 10.2. The van der Waals surface area contributed by atoms with Gasteiger partial charge < -0.3 is 9.64 Å². The van der Waals surface area contributed by atoms with Gasteiger partial charge in [-0.3, -0.25) is 4.79 Å². The first-order valence-electron chi connectivity index (χ1n) is 8.12. The van der Waals surface area contributed by atoms with Gasteiger partial charge in [0.1, 0.15) is 5.75 Å². The summed E-state index contributed by atoms with van der Waals surface area (Å²) in [5.74, 6) is 2.24. The predicted molar refractivity (Wildman–Crippen MR) is 83.1 cm³/mol. The summed E-state index contributed by atoms with van der Waals surface area (Å²) in [5.41, 5.74) is 1.19. The normalized spacial score (nSPS) is 19.7. The molecule has 2 saturated carbocycles. The molecule has 0 N–H and O–H groups in total. The highest BCUT2D eigenvalue weighted by atomic mass is 16.5. The number of benzene rings is 1. The first kappa shape index (κ1) is 14.4. The highest BCUT2D eigenvalue weighted by molar-refractivity contribution is 5.80. The maximum absolute atomic E-state index is 12.7. The van der Waals surface area contributed by atoms with Crippen LogP contribution in [0.25, 0.3) is 0 Å². The van der Waals surface area contributed by atoms with Gasteiger partial charge in [0.2, 0.25) is 5.91 Å². The molecule has 0 heterocycles. The molecule has 21 heavy (non-hydrogen) atoms. The van der Waals surface area contributed by atoms with Gasteiger partial charge in [0.05, 0.1) is 7.11 Å². The van der Waals surface area contributed by atoms with E-state index in [4.69, 9.17) is 4.74 Å². The lowest BCUT2D eigenvalue weighted by atomic mass is 9.84. The third kappa shape index (κ3) is 3.22. The molecule has 1 aromatic rings. The highest BCUT2D eigenvalue weighted by Gasteiger charge is 2.37. The minimum Gasteiger partial charge on any atom is -0.497 e. The first-order valence-corrected chi connectivity index (χ1v) is 8.12. The van der Waals surface area contributed by atoms with Crippen LogP contribution in [0.2, 0.25) is 0 Å². The standard InChI is InChI=1S/C18H25NO2/c1-13(15-8-9-15)19(18(20)16-4-3-5-16)12-14-6-10-17(21-2)11-7-14/h6-7,10-11,13,15-16H,3-5,8-9,12H2,1-2H3. The molecular weight excluding hydrogens is 262 g/mol. The number of rotatable bonds is 6. The molecule has 1 unspecified atom stereocenters. The molecule has 3 heteroatoms. The molecular formula is C18H25NO2. The molecule has 0 aliphatic heterocycles. The molecule has 114 valence electrons. The lowest BCUT2D eigenvalue weighted by Gasteiger charge is -2.36. The van der Waals surface area contributed by atoms with E-state index < -0.39 is 0 Å². The summed E-state index contributed by atoms with van der Waals surface area (Å²) in [4.78, 5) is 14.9. The fraction of sp³-hybridized carbons (Fsp3) is 0.611. The molecule has 0 spiro atoms. The zero-order valence-corrected chi connectivity index (χ0v) is 13.0. The Hall–Kier alpha value is -1.51. The van der Waals surface area contributed by atoms with E-state index in [0.717, 1.165) is 25.1 Å². The van der Waals surface area contributed by atoms with E-state index in [9.17, 15) is 4.79 Å². The third-order valence-corrected chi connectivity index (χ3v) is 5.05. The van der Waals surface area contributed by atoms with Crippen LogP contribution in [0.5, 0.6) is 5.75 Å². The Labute approximate surface area is 127 Å². The Kier molecular flexibility index (Phi) is 4.18. The SMILES string of the molecule is COc1ccc(CN(C(=O)C2CCC2)C(C)C2CC2)cc1. The average Bonchev–Trinajstić information content (AvgIpc) is 3.27. The number of hydrogen-bond donors (Lipinski definition) is 0. The van der Waals surface area contributed by atoms with Gasteiger partial charge in [-0.2, -0.15) is 0 Å². The maximum atomic E-state index is 12.7. The van der Waals surface area contributed by atoms with Crippen LogP contribution in [-0.2, 0) is 11.3 Å². The topological polar surface area (TPSA) is 29.5 Å². The zero-order chi connectivity index (χ0) is 14.8. The Bertz CT molecular complexity index is 488. The molecule has 0 bridgehead atoms. The van der Waals surface area contributed by atoms with E-state index in [-0.39, 0.29) is 5.92 Å². The van der Waals surface area contributed by atoms with Crippen LogP contribution in [0.1, 0.15) is 44.6 Å². The van der Waals surface area contributed by atoms with Crippen LogP contribution in [0, 0.1) is 11.8 Å². The van der Waals surface area contributed by atoms with Crippen LogP contribution in [0.3, 0.4) is 0 Å². The van der Waals surface area contributed by atoms with Crippen molar-refractivity contribution in [1.29, 1.82) is 0 Å². The van der Waals surface area contributed by atoms with Crippen molar-refractivity contribution in [2.45, 2.75) is 51.6 Å². The van der Waals surface area contributed by atoms with E-state index in [1.807, 2.05) is 12.1 Å². The van der Waals surface area contributed by atoms with E-state index in [1.54, 1.807) is 7.11 Å². The second-order valence-corrected chi connectivity index (χ2v) is 6.52. The van der Waals surface area contributed by atoms with Gasteiger partial charge in [-0.15, -0.1) is 0 Å². The van der Waals surface area contributed by atoms with Gasteiger partial charge in [0.15, 0.2) is 0 Å². The highest BCUT2D eigenvalue weighted by Crippen LogP contribution is 2.38. The number of carbonyl (C=O) groups is 1. The van der Waals surface area contributed by atoms with Crippen LogP contribution < -0.4 is 4.74 Å². The fourth-order valence-electron chi connectivity index (χ4n) is 3.07. The minimum atomic E-state index is 0.282. The second kappa shape index (κ2) is 6.08. The monoisotopic (exact) mass is 287 g/mol. The van der Waals surface area contributed by atoms with Crippen molar-refractivity contribution in [1.82, 2.24) is 4.90 Å². The van der Waals surface area contributed by atoms with Gasteiger partial charge in [-0.1, -0.05) is 18.6 Å². The summed E-state index contributed by atoms with van der Waals surface area (Å²) in [5, 5.41) is 0. The molecule has 2 fully saturated rings. The van der Waals surface area contributed by atoms with Crippen molar-refractivity contribution < 1.29 is 9.53 Å². The van der Waals surface area contributed by atoms with Gasteiger partial charge in [-0.05, 0) is 56.2 Å². The Morgan fingerprint density at radius 1 is 1.24 bits per heavy atom. The summed E-state index contributed by atoms with van der Waals surface area (Å²) < 4.78 is 5.20. The zero-order valence-electron chi connectivity index (χ0n) is 13.0. The van der Waals surface area contributed by atoms with Gasteiger partial charge in [0, 0.05) is 18.5 Å². The number of ether oxygens (including phenoxy) is 1. The minimum absolute atomic E-state index is 0.282. The molecule has 0 radical (unpaired) electrons. The van der Waals surface area contributed by atoms with Crippen molar-refractivity contribution >= 4 is 5.91 Å². The molecule has 2 aliphatic carbocycles. The lowest BCUT2D eigenvalue weighted by Crippen LogP contribution is -2.44. The molecule has 2 aliphatic rings. The van der Waals surface area contributed by atoms with E-state index in [1.165, 1.54) is 24.8 Å². The number of amides is 1. The molecule has 1 amide bonds. The quantitative estimate of drug-likeness (QED) is 0.799. The summed E-state index contributed by atoms with van der Waals surface area (Å²) in [6.07, 6.45) is 5.92. The maximum Gasteiger partial charge on any atom is 0.226 e. The van der Waals surface area contributed by atoms with E-state index >= 15 is 0 Å². The molecule has 0 aromatic heterocycles. The molecule has 1 atom stereocenters. The van der Waals surface area contributed by atoms with E-state index in [2.05, 4.69) is 24.0 Å². The van der Waals surface area contributed by atoms with Gasteiger partial charge in [-0.25, -0.2) is 0 Å². The molecule has 1 aromatic carbocycles. The third-order valence-electron chi connectivity index (χ3n) is 5.05. The Balaban J connectivity index is 1.72. The van der Waals surface area contributed by atoms with Crippen molar-refractivity contribution in [3.05, 3.63) is 29.8 Å². The van der Waals surface area contributed by atoms with Crippen LogP contribution in [0.4, 0.5) is 0 Å². The summed E-state index contributed by atoms with van der Waals surface area (Å²) in [6.45, 7) is 2.95. The van der Waals surface area contributed by atoms with Crippen molar-refractivity contribution in [3.8, 4) is 5.75 Å². The van der Waals surface area contributed by atoms with Crippen LogP contribution in [-0.4, -0.2) is 24.0 Å². The summed E-state index contributed by atoms with van der Waals surface area (Å²) >= 11 is 0. The number of methoxy groups -OCH3 is 1. The summed E-state index contributed by atoms with van der Waals surface area (Å²) in [6, 6.07) is 8.46. The Morgan fingerprint density at radius 3 is 2.38 bits per heavy atom. The van der Waals surface area contributed by atoms with Crippen LogP contribution >= 0.6 is 0 Å². The molecule has 0 saturated heterocycles. The largest absolute Gasteiger partial charge is 0.497 e. The number of carbonyl (C=O) groups excluding carboxylic acids is 1. The van der Waals surface area contributed by atoms with Crippen molar-refractivity contribution in [3.63, 3.8) is 0 Å². The van der Waals surface area contributed by atoms with Gasteiger partial charge in [0.25, 0.3) is 0 Å². The van der Waals surface area contributed by atoms with Crippen LogP contribution in [0.15, 0.2) is 24.3 Å². The smallest absolute Gasteiger partial charge is 0.226 e. The lowest BCUT2D eigenvalue weighted by molar-refractivity contribution is -0.141. The average molecular weight is 287 g/mol. The van der Waals surface area contributed by atoms with Crippen molar-refractivity contribution in [2.75, 3.05) is 7.11 Å². The van der Waals surface area contributed by atoms with E-state index in [0.29, 0.717) is 17.9 Å². The number of hydrogen-bond acceptors (Lipinski definition) is 2. The second-order valence-electron chi connectivity index (χ2n) is 6.52. The molecule has 3 rings (SSSR count). The number of nitrogens with zero attached hydrogens (tertiary/aromatic N) is 1. The summed E-state index contributed by atoms with van der Waals surface area (Å²) in [7, 11) is 1.68.